The van der Waals surface area contributed by atoms with Gasteiger partial charge in [0, 0.05) is 42.8 Å². The standard InChI is InChI=1S/C22H23N3O4.C22H24N2O3/c1-28-21-11-8-17(14-22(21)29-19-4-2-3-5-19)20-12-13-24(23-20)15-16-6-9-18(10-7-16)25(26)27;1-16-7-3-4-8-17(16)13-24-12-11-19(23-24)18-9-5-6-10-20(18)27-22-15-26-14-21(22)25-2/h6-14,19H,2-5,15H2,1H3;3-12,21-22H,13-15H2,1-2H3/t;21?,22-/m.1/s1. The predicted octanol–water partition coefficient (Wildman–Crippen LogP) is 8.54. The first-order valence-corrected chi connectivity index (χ1v) is 18.9. The smallest absolute Gasteiger partial charge is 0.269 e. The van der Waals surface area contributed by atoms with Crippen molar-refractivity contribution < 1.29 is 28.6 Å². The molecule has 0 spiro atoms. The van der Waals surface area contributed by atoms with Crippen LogP contribution in [0.1, 0.15) is 42.4 Å². The summed E-state index contributed by atoms with van der Waals surface area (Å²) < 4.78 is 32.6. The molecule has 1 saturated carbocycles. The van der Waals surface area contributed by atoms with Gasteiger partial charge in [0.1, 0.15) is 11.9 Å². The first-order chi connectivity index (χ1) is 27.4. The molecule has 0 bridgehead atoms. The van der Waals surface area contributed by atoms with Gasteiger partial charge < -0.3 is 23.7 Å². The lowest BCUT2D eigenvalue weighted by Gasteiger charge is -2.19. The second-order valence-electron chi connectivity index (χ2n) is 14.0. The van der Waals surface area contributed by atoms with Crippen LogP contribution in [0.2, 0.25) is 0 Å². The minimum Gasteiger partial charge on any atom is -0.493 e. The molecule has 2 atom stereocenters. The zero-order valence-corrected chi connectivity index (χ0v) is 32.0. The number of nitro benzene ring substituents is 1. The molecule has 12 nitrogen and oxygen atoms in total. The summed E-state index contributed by atoms with van der Waals surface area (Å²) in [4.78, 5) is 10.4. The average molecular weight is 758 g/mol. The molecular formula is C44H47N5O7. The number of non-ortho nitro benzene ring substituents is 1. The van der Waals surface area contributed by atoms with Crippen LogP contribution in [0.4, 0.5) is 5.69 Å². The van der Waals surface area contributed by atoms with E-state index in [1.54, 1.807) is 26.4 Å². The topological polar surface area (TPSA) is 125 Å². The lowest BCUT2D eigenvalue weighted by molar-refractivity contribution is -0.384. The van der Waals surface area contributed by atoms with E-state index in [4.69, 9.17) is 28.8 Å². The summed E-state index contributed by atoms with van der Waals surface area (Å²) in [7, 11) is 3.34. The minimum absolute atomic E-state index is 0.0448. The fraction of sp³-hybridized carbons (Fsp3) is 0.318. The van der Waals surface area contributed by atoms with Gasteiger partial charge in [0.2, 0.25) is 0 Å². The molecule has 1 saturated heterocycles. The fourth-order valence-corrected chi connectivity index (χ4v) is 6.97. The Morgan fingerprint density at radius 2 is 1.45 bits per heavy atom. The molecule has 0 amide bonds. The van der Waals surface area contributed by atoms with Gasteiger partial charge in [0.25, 0.3) is 5.69 Å². The van der Waals surface area contributed by atoms with Crippen LogP contribution < -0.4 is 14.2 Å². The number of benzene rings is 4. The van der Waals surface area contributed by atoms with Crippen molar-refractivity contribution in [2.75, 3.05) is 27.4 Å². The molecule has 290 valence electrons. The summed E-state index contributed by atoms with van der Waals surface area (Å²) in [5.41, 5.74) is 7.24. The van der Waals surface area contributed by atoms with Crippen molar-refractivity contribution in [3.63, 3.8) is 0 Å². The summed E-state index contributed by atoms with van der Waals surface area (Å²) in [6.45, 7) is 4.51. The van der Waals surface area contributed by atoms with Crippen molar-refractivity contribution >= 4 is 5.69 Å². The van der Waals surface area contributed by atoms with Crippen LogP contribution in [0.25, 0.3) is 22.5 Å². The van der Waals surface area contributed by atoms with Gasteiger partial charge in [-0.2, -0.15) is 10.2 Å². The van der Waals surface area contributed by atoms with E-state index in [0.29, 0.717) is 19.8 Å². The number of aryl methyl sites for hydroxylation is 1. The number of aromatic nitrogens is 4. The highest BCUT2D eigenvalue weighted by Gasteiger charge is 2.31. The Labute approximate surface area is 326 Å². The molecule has 1 unspecified atom stereocenters. The zero-order chi connectivity index (χ0) is 38.9. The molecule has 2 aliphatic rings. The van der Waals surface area contributed by atoms with E-state index < -0.39 is 4.92 Å². The number of nitro groups is 1. The second kappa shape index (κ2) is 18.1. The Morgan fingerprint density at radius 3 is 2.20 bits per heavy atom. The van der Waals surface area contributed by atoms with Crippen LogP contribution in [-0.4, -0.2) is 70.2 Å². The van der Waals surface area contributed by atoms with E-state index in [1.165, 1.54) is 36.1 Å². The normalized spacial score (nSPS) is 16.6. The summed E-state index contributed by atoms with van der Waals surface area (Å²) in [6.07, 6.45) is 8.59. The van der Waals surface area contributed by atoms with Gasteiger partial charge in [-0.15, -0.1) is 0 Å². The summed E-state index contributed by atoms with van der Waals surface area (Å²) >= 11 is 0. The van der Waals surface area contributed by atoms with Crippen LogP contribution >= 0.6 is 0 Å². The summed E-state index contributed by atoms with van der Waals surface area (Å²) in [6, 6.07) is 32.7. The lowest BCUT2D eigenvalue weighted by Crippen LogP contribution is -2.31. The average Bonchev–Trinajstić information content (AvgIpc) is 4.06. The molecule has 1 aliphatic heterocycles. The summed E-state index contributed by atoms with van der Waals surface area (Å²) in [5.74, 6) is 2.28. The molecule has 3 heterocycles. The maximum atomic E-state index is 10.8. The summed E-state index contributed by atoms with van der Waals surface area (Å²) in [5, 5.41) is 20.2. The predicted molar refractivity (Wildman–Crippen MR) is 213 cm³/mol. The highest BCUT2D eigenvalue weighted by molar-refractivity contribution is 5.67. The van der Waals surface area contributed by atoms with Crippen molar-refractivity contribution in [1.29, 1.82) is 0 Å². The van der Waals surface area contributed by atoms with Crippen molar-refractivity contribution in [2.24, 2.45) is 0 Å². The third-order valence-electron chi connectivity index (χ3n) is 10.1. The van der Waals surface area contributed by atoms with Gasteiger partial charge >= 0.3 is 0 Å². The number of hydrogen-bond donors (Lipinski definition) is 0. The maximum Gasteiger partial charge on any atom is 0.269 e. The molecular weight excluding hydrogens is 711 g/mol. The number of hydrogen-bond acceptors (Lipinski definition) is 9. The molecule has 2 aromatic heterocycles. The number of methoxy groups -OCH3 is 2. The molecule has 56 heavy (non-hydrogen) atoms. The Kier molecular flexibility index (Phi) is 12.4. The quantitative estimate of drug-likeness (QED) is 0.0842. The molecule has 0 radical (unpaired) electrons. The molecule has 4 aromatic carbocycles. The van der Waals surface area contributed by atoms with Gasteiger partial charge in [-0.3, -0.25) is 19.5 Å². The molecule has 0 N–H and O–H groups in total. The van der Waals surface area contributed by atoms with Crippen LogP contribution in [0, 0.1) is 17.0 Å². The fourth-order valence-electron chi connectivity index (χ4n) is 6.97. The number of ether oxygens (including phenoxy) is 5. The largest absolute Gasteiger partial charge is 0.493 e. The molecule has 12 heteroatoms. The molecule has 1 aliphatic carbocycles. The van der Waals surface area contributed by atoms with Gasteiger partial charge in [0.05, 0.1) is 55.8 Å². The van der Waals surface area contributed by atoms with E-state index in [9.17, 15) is 10.1 Å². The highest BCUT2D eigenvalue weighted by atomic mass is 16.6. The van der Waals surface area contributed by atoms with Crippen LogP contribution in [-0.2, 0) is 22.6 Å². The van der Waals surface area contributed by atoms with Crippen molar-refractivity contribution in [3.8, 4) is 39.8 Å². The number of para-hydroxylation sites is 1. The highest BCUT2D eigenvalue weighted by Crippen LogP contribution is 2.35. The SMILES string of the molecule is COC1COC[C@H]1Oc1ccccc1-c1ccn(Cc2ccccc2C)n1.COc1ccc(-c2ccn(Cc3ccc([N+](=O)[O-])cc3)n2)cc1OC1CCCC1. The van der Waals surface area contributed by atoms with E-state index in [1.807, 2.05) is 76.4 Å². The van der Waals surface area contributed by atoms with E-state index >= 15 is 0 Å². The van der Waals surface area contributed by atoms with Crippen molar-refractivity contribution in [3.05, 3.63) is 142 Å². The van der Waals surface area contributed by atoms with E-state index in [2.05, 4.69) is 36.3 Å². The monoisotopic (exact) mass is 757 g/mol. The van der Waals surface area contributed by atoms with Gasteiger partial charge in [-0.25, -0.2) is 0 Å². The number of rotatable bonds is 13. The maximum absolute atomic E-state index is 10.8. The third kappa shape index (κ3) is 9.45. The van der Waals surface area contributed by atoms with Gasteiger partial charge in [0.15, 0.2) is 17.6 Å². The first-order valence-electron chi connectivity index (χ1n) is 18.9. The minimum atomic E-state index is -0.398. The Bertz CT molecular complexity index is 2210. The van der Waals surface area contributed by atoms with Crippen LogP contribution in [0.3, 0.4) is 0 Å². The zero-order valence-electron chi connectivity index (χ0n) is 32.0. The third-order valence-corrected chi connectivity index (χ3v) is 10.1. The molecule has 8 rings (SSSR count). The van der Waals surface area contributed by atoms with E-state index in [-0.39, 0.29) is 24.0 Å². The van der Waals surface area contributed by atoms with Crippen LogP contribution in [0.15, 0.2) is 116 Å². The Morgan fingerprint density at radius 1 is 0.750 bits per heavy atom. The molecule has 2 fully saturated rings. The number of nitrogens with zero attached hydrogens (tertiary/aromatic N) is 5. The van der Waals surface area contributed by atoms with Crippen molar-refractivity contribution in [1.82, 2.24) is 19.6 Å². The Hall–Kier alpha value is -5.98. The Balaban J connectivity index is 0.000000172. The van der Waals surface area contributed by atoms with Crippen molar-refractivity contribution in [2.45, 2.75) is 64.0 Å². The van der Waals surface area contributed by atoms with Gasteiger partial charge in [-0.1, -0.05) is 48.5 Å². The van der Waals surface area contributed by atoms with Gasteiger partial charge in [-0.05, 0) is 91.8 Å². The van der Waals surface area contributed by atoms with Crippen LogP contribution in [0.5, 0.6) is 17.2 Å². The molecule has 6 aromatic rings. The second-order valence-corrected chi connectivity index (χ2v) is 14.0. The van der Waals surface area contributed by atoms with E-state index in [0.717, 1.165) is 64.7 Å². The first kappa shape index (κ1) is 38.3. The lowest BCUT2D eigenvalue weighted by atomic mass is 10.1.